The lowest BCUT2D eigenvalue weighted by molar-refractivity contribution is -0.122. The van der Waals surface area contributed by atoms with Crippen LogP contribution in [-0.2, 0) is 16.2 Å². The van der Waals surface area contributed by atoms with E-state index in [2.05, 4.69) is 5.32 Å². The molecule has 0 saturated heterocycles. The quantitative estimate of drug-likeness (QED) is 0.913. The molecule has 4 rings (SSSR count). The molecular weight excluding hydrogens is 326 g/mol. The number of ether oxygens (including phenoxy) is 1. The van der Waals surface area contributed by atoms with Gasteiger partial charge in [-0.15, -0.1) is 0 Å². The summed E-state index contributed by atoms with van der Waals surface area (Å²) in [6.45, 7) is 0.514. The largest absolute Gasteiger partial charge is 0.489 e. The number of amides is 1. The summed E-state index contributed by atoms with van der Waals surface area (Å²) in [5.74, 6) is 0.797. The number of benzene rings is 2. The number of allylic oxidation sites excluding steroid dienone is 2. The Balaban J connectivity index is 1.52. The molecule has 1 aliphatic heterocycles. The first-order chi connectivity index (χ1) is 12.7. The predicted octanol–water partition coefficient (Wildman–Crippen LogP) is 3.88. The van der Waals surface area contributed by atoms with Gasteiger partial charge in [0.15, 0.2) is 5.78 Å². The number of hydrogen-bond donors (Lipinski definition) is 1. The number of rotatable bonds is 4. The summed E-state index contributed by atoms with van der Waals surface area (Å²) < 4.78 is 5.83. The Hall–Kier alpha value is -2.88. The van der Waals surface area contributed by atoms with Crippen LogP contribution in [0, 0.1) is 0 Å². The first kappa shape index (κ1) is 16.6. The third kappa shape index (κ3) is 3.40. The van der Waals surface area contributed by atoms with Crippen LogP contribution in [-0.4, -0.2) is 11.7 Å². The number of Topliss-reactive ketones (excluding diaryl/α,β-unsaturated/α-hetero) is 1. The molecule has 26 heavy (non-hydrogen) atoms. The molecule has 1 N–H and O–H groups in total. The van der Waals surface area contributed by atoms with Gasteiger partial charge in [0, 0.05) is 30.0 Å². The molecule has 132 valence electrons. The Labute approximate surface area is 152 Å². The van der Waals surface area contributed by atoms with E-state index in [-0.39, 0.29) is 17.6 Å². The van der Waals surface area contributed by atoms with Gasteiger partial charge < -0.3 is 10.1 Å². The standard InChI is InChI=1S/C22H21NO3/c24-20-8-4-7-19-22(20)18(13-21(25)23-19)16-9-11-17(12-10-16)26-14-15-5-2-1-3-6-15/h1-3,5-6,9-12,18H,4,7-8,13-14H2,(H,23,25)/t18-/m0/s1. The van der Waals surface area contributed by atoms with Gasteiger partial charge in [-0.2, -0.15) is 0 Å². The first-order valence-corrected chi connectivity index (χ1v) is 9.03. The van der Waals surface area contributed by atoms with Crippen molar-refractivity contribution >= 4 is 11.7 Å². The van der Waals surface area contributed by atoms with Crippen molar-refractivity contribution in [2.24, 2.45) is 0 Å². The van der Waals surface area contributed by atoms with Crippen molar-refractivity contribution in [3.8, 4) is 5.75 Å². The second-order valence-electron chi connectivity index (χ2n) is 6.82. The van der Waals surface area contributed by atoms with E-state index in [0.29, 0.717) is 19.4 Å². The summed E-state index contributed by atoms with van der Waals surface area (Å²) in [5, 5.41) is 2.89. The molecule has 2 aromatic carbocycles. The summed E-state index contributed by atoms with van der Waals surface area (Å²) in [4.78, 5) is 24.5. The van der Waals surface area contributed by atoms with E-state index in [4.69, 9.17) is 4.74 Å². The molecule has 0 bridgehead atoms. The topological polar surface area (TPSA) is 55.4 Å². The molecule has 0 aromatic heterocycles. The minimum absolute atomic E-state index is 0.00662. The van der Waals surface area contributed by atoms with Crippen LogP contribution >= 0.6 is 0 Å². The van der Waals surface area contributed by atoms with Gasteiger partial charge in [-0.05, 0) is 36.1 Å². The van der Waals surface area contributed by atoms with Crippen molar-refractivity contribution < 1.29 is 14.3 Å². The molecule has 0 saturated carbocycles. The van der Waals surface area contributed by atoms with E-state index < -0.39 is 0 Å². The van der Waals surface area contributed by atoms with Crippen LogP contribution < -0.4 is 10.1 Å². The monoisotopic (exact) mass is 347 g/mol. The second kappa shape index (κ2) is 7.16. The predicted molar refractivity (Wildman–Crippen MR) is 98.6 cm³/mol. The lowest BCUT2D eigenvalue weighted by Crippen LogP contribution is -2.36. The number of carbonyl (C=O) groups excluding carboxylic acids is 2. The maximum absolute atomic E-state index is 12.4. The van der Waals surface area contributed by atoms with Gasteiger partial charge in [-0.1, -0.05) is 42.5 Å². The van der Waals surface area contributed by atoms with Crippen LogP contribution in [0.15, 0.2) is 65.9 Å². The smallest absolute Gasteiger partial charge is 0.225 e. The average molecular weight is 347 g/mol. The molecule has 0 radical (unpaired) electrons. The van der Waals surface area contributed by atoms with Gasteiger partial charge >= 0.3 is 0 Å². The highest BCUT2D eigenvalue weighted by atomic mass is 16.5. The zero-order chi connectivity index (χ0) is 17.9. The van der Waals surface area contributed by atoms with E-state index in [0.717, 1.165) is 41.0 Å². The molecule has 4 nitrogen and oxygen atoms in total. The fourth-order valence-electron chi connectivity index (χ4n) is 3.73. The van der Waals surface area contributed by atoms with Gasteiger partial charge in [0.25, 0.3) is 0 Å². The van der Waals surface area contributed by atoms with Crippen molar-refractivity contribution in [1.82, 2.24) is 5.32 Å². The average Bonchev–Trinajstić information content (AvgIpc) is 2.67. The van der Waals surface area contributed by atoms with Gasteiger partial charge in [0.2, 0.25) is 5.91 Å². The Morgan fingerprint density at radius 2 is 1.73 bits per heavy atom. The molecule has 0 spiro atoms. The summed E-state index contributed by atoms with van der Waals surface area (Å²) >= 11 is 0. The van der Waals surface area contributed by atoms with E-state index in [1.165, 1.54) is 0 Å². The molecule has 4 heteroatoms. The molecule has 1 heterocycles. The highest BCUT2D eigenvalue weighted by Crippen LogP contribution is 2.38. The molecular formula is C22H21NO3. The Morgan fingerprint density at radius 3 is 2.50 bits per heavy atom. The Kier molecular flexibility index (Phi) is 4.57. The highest BCUT2D eigenvalue weighted by Gasteiger charge is 2.34. The number of nitrogens with one attached hydrogen (secondary N) is 1. The summed E-state index contributed by atoms with van der Waals surface area (Å²) in [7, 11) is 0. The minimum Gasteiger partial charge on any atom is -0.489 e. The van der Waals surface area contributed by atoms with Crippen molar-refractivity contribution in [3.63, 3.8) is 0 Å². The summed E-state index contributed by atoms with van der Waals surface area (Å²) in [6, 6.07) is 17.8. The first-order valence-electron chi connectivity index (χ1n) is 9.03. The van der Waals surface area contributed by atoms with Crippen molar-refractivity contribution in [2.75, 3.05) is 0 Å². The molecule has 1 aliphatic carbocycles. The van der Waals surface area contributed by atoms with Gasteiger partial charge in [0.1, 0.15) is 12.4 Å². The maximum atomic E-state index is 12.4. The van der Waals surface area contributed by atoms with Gasteiger partial charge in [0.05, 0.1) is 0 Å². The Bertz CT molecular complexity index is 853. The van der Waals surface area contributed by atoms with E-state index in [1.807, 2.05) is 54.6 Å². The summed E-state index contributed by atoms with van der Waals surface area (Å²) in [6.07, 6.45) is 2.50. The number of carbonyl (C=O) groups is 2. The van der Waals surface area contributed by atoms with Crippen LogP contribution in [0.4, 0.5) is 0 Å². The van der Waals surface area contributed by atoms with Gasteiger partial charge in [-0.3, -0.25) is 9.59 Å². The van der Waals surface area contributed by atoms with E-state index in [9.17, 15) is 9.59 Å². The molecule has 2 aliphatic rings. The zero-order valence-electron chi connectivity index (χ0n) is 14.5. The highest BCUT2D eigenvalue weighted by molar-refractivity contribution is 6.01. The fourth-order valence-corrected chi connectivity index (χ4v) is 3.73. The van der Waals surface area contributed by atoms with E-state index >= 15 is 0 Å². The third-order valence-corrected chi connectivity index (χ3v) is 5.02. The van der Waals surface area contributed by atoms with Crippen molar-refractivity contribution in [3.05, 3.63) is 77.0 Å². The lowest BCUT2D eigenvalue weighted by atomic mass is 9.78. The van der Waals surface area contributed by atoms with Crippen LogP contribution in [0.1, 0.15) is 42.7 Å². The van der Waals surface area contributed by atoms with Gasteiger partial charge in [-0.25, -0.2) is 0 Å². The second-order valence-corrected chi connectivity index (χ2v) is 6.82. The van der Waals surface area contributed by atoms with Crippen LogP contribution in [0.2, 0.25) is 0 Å². The van der Waals surface area contributed by atoms with Crippen molar-refractivity contribution in [1.29, 1.82) is 0 Å². The zero-order valence-corrected chi connectivity index (χ0v) is 14.5. The maximum Gasteiger partial charge on any atom is 0.225 e. The normalized spacial score (nSPS) is 19.8. The molecule has 0 unspecified atom stereocenters. The molecule has 0 fully saturated rings. The molecule has 2 aromatic rings. The van der Waals surface area contributed by atoms with Crippen LogP contribution in [0.3, 0.4) is 0 Å². The van der Waals surface area contributed by atoms with Crippen LogP contribution in [0.25, 0.3) is 0 Å². The molecule has 1 amide bonds. The number of hydrogen-bond acceptors (Lipinski definition) is 3. The van der Waals surface area contributed by atoms with Crippen LogP contribution in [0.5, 0.6) is 5.75 Å². The Morgan fingerprint density at radius 1 is 0.962 bits per heavy atom. The fraction of sp³-hybridized carbons (Fsp3) is 0.273. The lowest BCUT2D eigenvalue weighted by Gasteiger charge is -2.31. The molecule has 1 atom stereocenters. The SMILES string of the molecule is O=C1C[C@@H](c2ccc(OCc3ccccc3)cc2)C2=C(CCCC2=O)N1. The number of ketones is 1. The third-order valence-electron chi connectivity index (χ3n) is 5.02. The minimum atomic E-state index is -0.144. The summed E-state index contributed by atoms with van der Waals surface area (Å²) in [5.41, 5.74) is 3.73. The van der Waals surface area contributed by atoms with E-state index in [1.54, 1.807) is 0 Å². The van der Waals surface area contributed by atoms with Crippen molar-refractivity contribution in [2.45, 2.75) is 38.2 Å².